The maximum absolute atomic E-state index is 12.8. The Bertz CT molecular complexity index is 453. The van der Waals surface area contributed by atoms with Gasteiger partial charge < -0.3 is 14.8 Å². The van der Waals surface area contributed by atoms with Crippen LogP contribution in [0.1, 0.15) is 0 Å². The summed E-state index contributed by atoms with van der Waals surface area (Å²) in [4.78, 5) is 22.0. The maximum Gasteiger partial charge on any atom is 0.325 e. The molecular formula is C11H11BrFNO4. The van der Waals surface area contributed by atoms with Crippen LogP contribution in [0.2, 0.25) is 0 Å². The lowest BCUT2D eigenvalue weighted by atomic mass is 10.3. The van der Waals surface area contributed by atoms with E-state index in [4.69, 9.17) is 4.74 Å². The molecule has 0 unspecified atom stereocenters. The molecule has 0 saturated carbocycles. The molecule has 7 heteroatoms. The number of hydrogen-bond acceptors (Lipinski definition) is 4. The van der Waals surface area contributed by atoms with Gasteiger partial charge in [0.25, 0.3) is 5.91 Å². The molecule has 0 fully saturated rings. The molecule has 1 rings (SSSR count). The van der Waals surface area contributed by atoms with Gasteiger partial charge in [0.05, 0.1) is 11.6 Å². The smallest absolute Gasteiger partial charge is 0.325 e. The molecule has 0 aromatic heterocycles. The van der Waals surface area contributed by atoms with Crippen molar-refractivity contribution in [1.82, 2.24) is 5.32 Å². The molecule has 0 aliphatic carbocycles. The van der Waals surface area contributed by atoms with Crippen LogP contribution in [0.15, 0.2) is 22.7 Å². The summed E-state index contributed by atoms with van der Waals surface area (Å²) in [5.74, 6) is -1.10. The van der Waals surface area contributed by atoms with E-state index >= 15 is 0 Å². The molecule has 0 radical (unpaired) electrons. The predicted octanol–water partition coefficient (Wildman–Crippen LogP) is 1.26. The minimum Gasteiger partial charge on any atom is -0.483 e. The Morgan fingerprint density at radius 3 is 2.78 bits per heavy atom. The Morgan fingerprint density at radius 2 is 2.17 bits per heavy atom. The zero-order chi connectivity index (χ0) is 13.5. The molecule has 18 heavy (non-hydrogen) atoms. The Balaban J connectivity index is 2.40. The third kappa shape index (κ3) is 4.70. The van der Waals surface area contributed by atoms with Crippen LogP contribution in [0, 0.1) is 5.82 Å². The minimum atomic E-state index is -0.550. The summed E-state index contributed by atoms with van der Waals surface area (Å²) in [5, 5.41) is 2.31. The lowest BCUT2D eigenvalue weighted by Crippen LogP contribution is -2.33. The molecular weight excluding hydrogens is 309 g/mol. The molecule has 0 aliphatic rings. The van der Waals surface area contributed by atoms with Gasteiger partial charge in [-0.2, -0.15) is 0 Å². The summed E-state index contributed by atoms with van der Waals surface area (Å²) in [5.41, 5.74) is 0. The number of benzene rings is 1. The highest BCUT2D eigenvalue weighted by atomic mass is 79.9. The van der Waals surface area contributed by atoms with E-state index in [2.05, 4.69) is 26.0 Å². The molecule has 1 N–H and O–H groups in total. The molecule has 0 heterocycles. The summed E-state index contributed by atoms with van der Waals surface area (Å²) < 4.78 is 22.7. The van der Waals surface area contributed by atoms with Gasteiger partial charge in [0, 0.05) is 0 Å². The van der Waals surface area contributed by atoms with Gasteiger partial charge in [-0.25, -0.2) is 4.39 Å². The molecule has 0 saturated heterocycles. The number of amides is 1. The Labute approximate surface area is 111 Å². The highest BCUT2D eigenvalue weighted by Crippen LogP contribution is 2.25. The van der Waals surface area contributed by atoms with Crippen molar-refractivity contribution in [3.05, 3.63) is 28.5 Å². The van der Waals surface area contributed by atoms with Crippen LogP contribution in [0.3, 0.4) is 0 Å². The molecule has 0 atom stereocenters. The van der Waals surface area contributed by atoms with E-state index in [1.807, 2.05) is 0 Å². The standard InChI is InChI=1S/C11H11BrFNO4/c1-17-11(16)5-14-10(15)6-18-9-3-2-7(13)4-8(9)12/h2-4H,5-6H2,1H3,(H,14,15). The first-order valence-electron chi connectivity index (χ1n) is 4.94. The fourth-order valence-corrected chi connectivity index (χ4v) is 1.49. The van der Waals surface area contributed by atoms with Crippen molar-refractivity contribution in [2.75, 3.05) is 20.3 Å². The number of nitrogens with one attached hydrogen (secondary N) is 1. The first-order valence-corrected chi connectivity index (χ1v) is 5.73. The van der Waals surface area contributed by atoms with Gasteiger partial charge in [0.15, 0.2) is 6.61 Å². The Morgan fingerprint density at radius 1 is 1.44 bits per heavy atom. The van der Waals surface area contributed by atoms with Gasteiger partial charge in [0.2, 0.25) is 0 Å². The molecule has 1 amide bonds. The summed E-state index contributed by atoms with van der Waals surface area (Å²) in [6, 6.07) is 3.83. The number of esters is 1. The second-order valence-electron chi connectivity index (χ2n) is 3.22. The van der Waals surface area contributed by atoms with Gasteiger partial charge >= 0.3 is 5.97 Å². The summed E-state index contributed by atoms with van der Waals surface area (Å²) in [6.07, 6.45) is 0. The fourth-order valence-electron chi connectivity index (χ4n) is 1.03. The van der Waals surface area contributed by atoms with Gasteiger partial charge in [-0.15, -0.1) is 0 Å². The highest BCUT2D eigenvalue weighted by molar-refractivity contribution is 9.10. The number of ether oxygens (including phenoxy) is 2. The number of carbonyl (C=O) groups excluding carboxylic acids is 2. The SMILES string of the molecule is COC(=O)CNC(=O)COc1ccc(F)cc1Br. The van der Waals surface area contributed by atoms with Crippen molar-refractivity contribution in [3.8, 4) is 5.75 Å². The van der Waals surface area contributed by atoms with Crippen molar-refractivity contribution < 1.29 is 23.5 Å². The number of rotatable bonds is 5. The van der Waals surface area contributed by atoms with Gasteiger partial charge in [0.1, 0.15) is 18.1 Å². The van der Waals surface area contributed by atoms with Crippen molar-refractivity contribution in [3.63, 3.8) is 0 Å². The third-order valence-corrected chi connectivity index (χ3v) is 2.53. The molecule has 1 aromatic carbocycles. The molecule has 5 nitrogen and oxygen atoms in total. The normalized spacial score (nSPS) is 9.72. The second kappa shape index (κ2) is 6.95. The zero-order valence-corrected chi connectivity index (χ0v) is 11.1. The van der Waals surface area contributed by atoms with E-state index in [9.17, 15) is 14.0 Å². The maximum atomic E-state index is 12.8. The van der Waals surface area contributed by atoms with Crippen LogP contribution in [0.25, 0.3) is 0 Å². The quantitative estimate of drug-likeness (QED) is 0.830. The Kier molecular flexibility index (Phi) is 5.57. The van der Waals surface area contributed by atoms with Crippen molar-refractivity contribution in [2.45, 2.75) is 0 Å². The number of hydrogen-bond donors (Lipinski definition) is 1. The molecule has 98 valence electrons. The average molecular weight is 320 g/mol. The zero-order valence-electron chi connectivity index (χ0n) is 9.54. The monoisotopic (exact) mass is 319 g/mol. The van der Waals surface area contributed by atoms with Crippen molar-refractivity contribution >= 4 is 27.8 Å². The van der Waals surface area contributed by atoms with Crippen molar-refractivity contribution in [1.29, 1.82) is 0 Å². The van der Waals surface area contributed by atoms with Crippen molar-refractivity contribution in [2.24, 2.45) is 0 Å². The average Bonchev–Trinajstić information content (AvgIpc) is 2.34. The highest BCUT2D eigenvalue weighted by Gasteiger charge is 2.08. The third-order valence-electron chi connectivity index (χ3n) is 1.91. The first kappa shape index (κ1) is 14.4. The molecule has 0 bridgehead atoms. The molecule has 0 aliphatic heterocycles. The lowest BCUT2D eigenvalue weighted by molar-refractivity contribution is -0.141. The van der Waals surface area contributed by atoms with E-state index < -0.39 is 17.7 Å². The number of methoxy groups -OCH3 is 1. The van der Waals surface area contributed by atoms with E-state index in [1.54, 1.807) is 0 Å². The van der Waals surface area contributed by atoms with Crippen LogP contribution in [0.5, 0.6) is 5.75 Å². The van der Waals surface area contributed by atoms with Crippen LogP contribution in [0.4, 0.5) is 4.39 Å². The predicted molar refractivity (Wildman–Crippen MR) is 64.6 cm³/mol. The Hall–Kier alpha value is -1.63. The second-order valence-corrected chi connectivity index (χ2v) is 4.07. The topological polar surface area (TPSA) is 64.6 Å². The van der Waals surface area contributed by atoms with Crippen LogP contribution >= 0.6 is 15.9 Å². The van der Waals surface area contributed by atoms with E-state index in [1.165, 1.54) is 25.3 Å². The van der Waals surface area contributed by atoms with Gasteiger partial charge in [-0.3, -0.25) is 9.59 Å². The summed E-state index contributed by atoms with van der Waals surface area (Å²) in [7, 11) is 1.22. The van der Waals surface area contributed by atoms with Gasteiger partial charge in [-0.1, -0.05) is 0 Å². The van der Waals surface area contributed by atoms with E-state index in [0.717, 1.165) is 0 Å². The largest absolute Gasteiger partial charge is 0.483 e. The number of carbonyl (C=O) groups is 2. The van der Waals surface area contributed by atoms with Crippen LogP contribution < -0.4 is 10.1 Å². The van der Waals surface area contributed by atoms with E-state index in [0.29, 0.717) is 10.2 Å². The molecule has 1 aromatic rings. The molecule has 0 spiro atoms. The summed E-state index contributed by atoms with van der Waals surface area (Å²) in [6.45, 7) is -0.496. The summed E-state index contributed by atoms with van der Waals surface area (Å²) >= 11 is 3.10. The fraction of sp³-hybridized carbons (Fsp3) is 0.273. The lowest BCUT2D eigenvalue weighted by Gasteiger charge is -2.08. The first-order chi connectivity index (χ1) is 8.52. The van der Waals surface area contributed by atoms with Crippen LogP contribution in [-0.4, -0.2) is 32.1 Å². The number of halogens is 2. The minimum absolute atomic E-state index is 0.219. The van der Waals surface area contributed by atoms with Gasteiger partial charge in [-0.05, 0) is 34.1 Å². The van der Waals surface area contributed by atoms with E-state index in [-0.39, 0.29) is 13.2 Å². The van der Waals surface area contributed by atoms with Crippen LogP contribution in [-0.2, 0) is 14.3 Å².